The number of aliphatic hydroxyl groups excluding tert-OH is 1. The van der Waals surface area contributed by atoms with Crippen LogP contribution in [0.2, 0.25) is 0 Å². The number of rotatable bonds is 7. The number of hydrogen-bond donors (Lipinski definition) is 3. The van der Waals surface area contributed by atoms with Gasteiger partial charge >= 0.3 is 0 Å². The average Bonchev–Trinajstić information content (AvgIpc) is 3.39. The summed E-state index contributed by atoms with van der Waals surface area (Å²) in [7, 11) is 0. The summed E-state index contributed by atoms with van der Waals surface area (Å²) in [5.41, 5.74) is 0.715. The van der Waals surface area contributed by atoms with Gasteiger partial charge in [-0.05, 0) is 51.2 Å². The third kappa shape index (κ3) is 3.83. The smallest absolute Gasteiger partial charge is 0.244 e. The number of nitrogens with one attached hydrogen (secondary N) is 2. The summed E-state index contributed by atoms with van der Waals surface area (Å²) in [6.07, 6.45) is 7.36. The van der Waals surface area contributed by atoms with E-state index in [0.717, 1.165) is 38.5 Å². The van der Waals surface area contributed by atoms with Gasteiger partial charge in [-0.25, -0.2) is 0 Å². The fourth-order valence-corrected chi connectivity index (χ4v) is 9.23. The molecule has 0 aromatic heterocycles. The number of carbonyl (C=O) groups excluding carboxylic acids is 3. The van der Waals surface area contributed by atoms with Crippen LogP contribution in [0.3, 0.4) is 0 Å². The molecule has 5 atom stereocenters. The molecule has 8 heteroatoms. The number of likely N-dealkylation sites (tertiary alicyclic amines) is 1. The lowest BCUT2D eigenvalue weighted by Crippen LogP contribution is -2.55. The van der Waals surface area contributed by atoms with Crippen molar-refractivity contribution in [3.63, 3.8) is 0 Å². The molecule has 1 aromatic rings. The van der Waals surface area contributed by atoms with Crippen LogP contribution in [0.5, 0.6) is 0 Å². The molecule has 3 heterocycles. The van der Waals surface area contributed by atoms with Crippen LogP contribution in [-0.4, -0.2) is 62.5 Å². The molecule has 1 aliphatic carbocycles. The van der Waals surface area contributed by atoms with Gasteiger partial charge in [-0.15, -0.1) is 11.8 Å². The Morgan fingerprint density at radius 3 is 2.56 bits per heavy atom. The number of benzene rings is 1. The van der Waals surface area contributed by atoms with Crippen molar-refractivity contribution in [2.75, 3.05) is 18.5 Å². The molecule has 3 saturated heterocycles. The highest BCUT2D eigenvalue weighted by Crippen LogP contribution is 2.71. The fraction of sp³-hybridized carbons (Fsp3) is 0.654. The predicted octanol–water partition coefficient (Wildman–Crippen LogP) is 2.94. The molecule has 0 radical (unpaired) electrons. The van der Waals surface area contributed by atoms with Gasteiger partial charge in [0, 0.05) is 29.6 Å². The third-order valence-electron chi connectivity index (χ3n) is 8.36. The maximum Gasteiger partial charge on any atom is 0.244 e. The zero-order valence-electron chi connectivity index (χ0n) is 19.8. The van der Waals surface area contributed by atoms with Crippen molar-refractivity contribution in [2.24, 2.45) is 11.8 Å². The number of carbonyl (C=O) groups is 3. The van der Waals surface area contributed by atoms with Crippen molar-refractivity contribution in [2.45, 2.75) is 79.9 Å². The molecule has 3 amide bonds. The molecule has 5 rings (SSSR count). The number of fused-ring (bicyclic) bond motifs is 1. The second-order valence-electron chi connectivity index (χ2n) is 10.5. The lowest BCUT2D eigenvalue weighted by Gasteiger charge is -2.36. The Morgan fingerprint density at radius 2 is 1.85 bits per heavy atom. The van der Waals surface area contributed by atoms with Crippen LogP contribution in [0.4, 0.5) is 5.69 Å². The van der Waals surface area contributed by atoms with E-state index < -0.39 is 22.6 Å². The molecule has 184 valence electrons. The molecular formula is C26H35N3O4S. The molecule has 34 heavy (non-hydrogen) atoms. The summed E-state index contributed by atoms with van der Waals surface area (Å²) in [4.78, 5) is 42.9. The Bertz CT molecular complexity index is 953. The molecule has 3 N–H and O–H groups in total. The molecule has 1 spiro atoms. The van der Waals surface area contributed by atoms with Gasteiger partial charge in [-0.2, -0.15) is 0 Å². The summed E-state index contributed by atoms with van der Waals surface area (Å²) >= 11 is 1.69. The highest BCUT2D eigenvalue weighted by Gasteiger charge is 2.77. The Balaban J connectivity index is 1.45. The summed E-state index contributed by atoms with van der Waals surface area (Å²) in [6, 6.07) is 8.90. The van der Waals surface area contributed by atoms with Crippen molar-refractivity contribution < 1.29 is 19.5 Å². The number of amides is 3. The lowest BCUT2D eigenvalue weighted by molar-refractivity contribution is -0.139. The van der Waals surface area contributed by atoms with E-state index in [0.29, 0.717) is 18.7 Å². The third-order valence-corrected chi connectivity index (χ3v) is 10.3. The number of hydrogen-bond acceptors (Lipinski definition) is 5. The molecule has 2 bridgehead atoms. The topological polar surface area (TPSA) is 98.7 Å². The van der Waals surface area contributed by atoms with Crippen LogP contribution >= 0.6 is 11.8 Å². The van der Waals surface area contributed by atoms with Crippen LogP contribution in [0.1, 0.15) is 58.3 Å². The molecule has 4 aliphatic rings. The number of aliphatic hydroxyl groups is 1. The normalized spacial score (nSPS) is 34.8. The maximum absolute atomic E-state index is 13.9. The van der Waals surface area contributed by atoms with Crippen molar-refractivity contribution in [1.82, 2.24) is 10.2 Å². The van der Waals surface area contributed by atoms with Gasteiger partial charge in [-0.3, -0.25) is 14.4 Å². The summed E-state index contributed by atoms with van der Waals surface area (Å²) in [5, 5.41) is 15.8. The number of anilines is 1. The van der Waals surface area contributed by atoms with Gasteiger partial charge < -0.3 is 20.6 Å². The Hall–Kier alpha value is -2.06. The van der Waals surface area contributed by atoms with Gasteiger partial charge in [0.2, 0.25) is 17.7 Å². The second kappa shape index (κ2) is 9.19. The van der Waals surface area contributed by atoms with Crippen molar-refractivity contribution in [1.29, 1.82) is 0 Å². The lowest BCUT2D eigenvalue weighted by atomic mass is 9.66. The number of nitrogens with zero attached hydrogens (tertiary/aromatic N) is 1. The minimum atomic E-state index is -0.598. The molecule has 2 unspecified atom stereocenters. The standard InChI is InChI=1S/C26H35N3O4S/c1-25-13-14-26(34-25)20(19(25)22(31)27-17-9-4-2-5-10-17)24(33)29(15-8-16-30)21(26)23(32)28-18-11-6-3-7-12-18/h2,4-5,9-10,18-21,30H,3,6-8,11-16H2,1H3,(H,27,31)(H,28,32)/t19-,20+,21?,25+,26?/m1/s1. The van der Waals surface area contributed by atoms with Gasteiger partial charge in [0.15, 0.2) is 0 Å². The largest absolute Gasteiger partial charge is 0.396 e. The minimum absolute atomic E-state index is 0.0405. The predicted molar refractivity (Wildman–Crippen MR) is 132 cm³/mol. The van der Waals surface area contributed by atoms with Crippen molar-refractivity contribution in [3.05, 3.63) is 30.3 Å². The van der Waals surface area contributed by atoms with E-state index in [2.05, 4.69) is 17.6 Å². The van der Waals surface area contributed by atoms with Crippen LogP contribution in [0.25, 0.3) is 0 Å². The zero-order valence-corrected chi connectivity index (χ0v) is 20.6. The van der Waals surface area contributed by atoms with Crippen LogP contribution in [0, 0.1) is 11.8 Å². The SMILES string of the molecule is C[C@@]12CCC3(S1)C(C(=O)NC1CCCCC1)N(CCCO)C(=O)[C@@H]3[C@@H]2C(=O)Nc1ccccc1. The number of para-hydroxylation sites is 1. The van der Waals surface area contributed by atoms with Gasteiger partial charge in [0.25, 0.3) is 0 Å². The van der Waals surface area contributed by atoms with E-state index in [1.807, 2.05) is 30.3 Å². The minimum Gasteiger partial charge on any atom is -0.396 e. The highest BCUT2D eigenvalue weighted by atomic mass is 32.2. The van der Waals surface area contributed by atoms with E-state index in [-0.39, 0.29) is 35.1 Å². The van der Waals surface area contributed by atoms with Gasteiger partial charge in [0.1, 0.15) is 6.04 Å². The van der Waals surface area contributed by atoms with E-state index in [1.165, 1.54) is 6.42 Å². The van der Waals surface area contributed by atoms with E-state index >= 15 is 0 Å². The highest BCUT2D eigenvalue weighted by molar-refractivity contribution is 8.02. The second-order valence-corrected chi connectivity index (χ2v) is 12.4. The molecule has 1 aromatic carbocycles. The van der Waals surface area contributed by atoms with Gasteiger partial charge in [0.05, 0.1) is 16.6 Å². The van der Waals surface area contributed by atoms with Crippen molar-refractivity contribution in [3.8, 4) is 0 Å². The average molecular weight is 486 g/mol. The van der Waals surface area contributed by atoms with E-state index in [9.17, 15) is 19.5 Å². The monoisotopic (exact) mass is 485 g/mol. The Labute approximate surface area is 205 Å². The van der Waals surface area contributed by atoms with E-state index in [4.69, 9.17) is 0 Å². The molecular weight excluding hydrogens is 450 g/mol. The van der Waals surface area contributed by atoms with Gasteiger partial charge in [-0.1, -0.05) is 37.5 Å². The first-order valence-electron chi connectivity index (χ1n) is 12.7. The molecule has 1 saturated carbocycles. The van der Waals surface area contributed by atoms with Crippen LogP contribution in [0.15, 0.2) is 30.3 Å². The molecule has 3 aliphatic heterocycles. The maximum atomic E-state index is 13.9. The van der Waals surface area contributed by atoms with Crippen molar-refractivity contribution >= 4 is 35.2 Å². The fourth-order valence-electron chi connectivity index (χ4n) is 6.88. The number of thioether (sulfide) groups is 1. The summed E-state index contributed by atoms with van der Waals surface area (Å²) < 4.78 is -0.982. The summed E-state index contributed by atoms with van der Waals surface area (Å²) in [6.45, 7) is 2.38. The quantitative estimate of drug-likeness (QED) is 0.552. The first-order chi connectivity index (χ1) is 16.4. The first-order valence-corrected chi connectivity index (χ1v) is 13.5. The van der Waals surface area contributed by atoms with E-state index in [1.54, 1.807) is 16.7 Å². The summed E-state index contributed by atoms with van der Waals surface area (Å²) in [5.74, 6) is -1.36. The molecule has 4 fully saturated rings. The Morgan fingerprint density at radius 1 is 1.12 bits per heavy atom. The zero-order chi connectivity index (χ0) is 23.9. The Kier molecular flexibility index (Phi) is 6.40. The molecule has 7 nitrogen and oxygen atoms in total. The first kappa shape index (κ1) is 23.7. The van der Waals surface area contributed by atoms with Crippen LogP contribution < -0.4 is 10.6 Å². The van der Waals surface area contributed by atoms with Crippen LogP contribution in [-0.2, 0) is 14.4 Å².